The Morgan fingerprint density at radius 2 is 0.906 bits per heavy atom. The van der Waals surface area contributed by atoms with E-state index in [4.69, 9.17) is 14.4 Å². The molecular weight excluding hydrogens is 645 g/mol. The molecule has 0 bridgehead atoms. The fraction of sp³-hybridized carbons (Fsp3) is 0. The second kappa shape index (κ2) is 11.7. The smallest absolute Gasteiger partial charge is 0.143 e. The van der Waals surface area contributed by atoms with E-state index in [9.17, 15) is 0 Å². The molecule has 2 aromatic heterocycles. The number of nitrogens with zero attached hydrogens (tertiary/aromatic N) is 2. The van der Waals surface area contributed by atoms with E-state index in [1.165, 1.54) is 38.2 Å². The Morgan fingerprint density at radius 1 is 0.340 bits per heavy atom. The topological polar surface area (TPSA) is 38.9 Å². The second-order valence-electron chi connectivity index (χ2n) is 13.7. The first-order chi connectivity index (χ1) is 26.3. The summed E-state index contributed by atoms with van der Waals surface area (Å²) in [6, 6.07) is 62.4. The summed E-state index contributed by atoms with van der Waals surface area (Å²) < 4.78 is 6.44. The molecule has 0 fully saturated rings. The van der Waals surface area contributed by atoms with Gasteiger partial charge in [-0.2, -0.15) is 0 Å². The van der Waals surface area contributed by atoms with Crippen molar-refractivity contribution in [2.45, 2.75) is 0 Å². The summed E-state index contributed by atoms with van der Waals surface area (Å²) in [4.78, 5) is 10.2. The van der Waals surface area contributed by atoms with Gasteiger partial charge in [0.25, 0.3) is 0 Å². The lowest BCUT2D eigenvalue weighted by atomic mass is 9.91. The zero-order valence-electron chi connectivity index (χ0n) is 28.6. The van der Waals surface area contributed by atoms with Gasteiger partial charge in [-0.3, -0.25) is 4.98 Å². The molecule has 0 N–H and O–H groups in total. The van der Waals surface area contributed by atoms with Crippen molar-refractivity contribution in [2.24, 2.45) is 0 Å². The van der Waals surface area contributed by atoms with Gasteiger partial charge < -0.3 is 4.42 Å². The highest BCUT2D eigenvalue weighted by Gasteiger charge is 2.16. The number of rotatable bonds is 4. The van der Waals surface area contributed by atoms with Crippen molar-refractivity contribution in [3.63, 3.8) is 0 Å². The molecule has 0 amide bonds. The van der Waals surface area contributed by atoms with Gasteiger partial charge >= 0.3 is 0 Å². The first kappa shape index (κ1) is 29.6. The van der Waals surface area contributed by atoms with Crippen LogP contribution in [0.1, 0.15) is 0 Å². The lowest BCUT2D eigenvalue weighted by Gasteiger charge is -2.13. The van der Waals surface area contributed by atoms with E-state index >= 15 is 0 Å². The van der Waals surface area contributed by atoms with Gasteiger partial charge in [-0.25, -0.2) is 4.98 Å². The molecule has 0 saturated heterocycles. The van der Waals surface area contributed by atoms with Crippen LogP contribution in [0.2, 0.25) is 0 Å². The van der Waals surface area contributed by atoms with Crippen LogP contribution in [-0.2, 0) is 0 Å². The molecule has 0 aliphatic rings. The molecule has 0 spiro atoms. The van der Waals surface area contributed by atoms with Crippen LogP contribution >= 0.6 is 0 Å². The highest BCUT2D eigenvalue weighted by atomic mass is 16.3. The number of hydrogen-bond donors (Lipinski definition) is 0. The third-order valence-electron chi connectivity index (χ3n) is 10.7. The summed E-state index contributed by atoms with van der Waals surface area (Å²) in [5, 5.41) is 9.34. The van der Waals surface area contributed by atoms with Crippen LogP contribution in [-0.4, -0.2) is 9.97 Å². The monoisotopic (exact) mass is 674 g/mol. The molecule has 11 aromatic rings. The molecule has 0 unspecified atom stereocenters. The van der Waals surface area contributed by atoms with Crippen molar-refractivity contribution in [2.75, 3.05) is 0 Å². The Balaban J connectivity index is 0.966. The molecule has 11 rings (SSSR count). The third-order valence-corrected chi connectivity index (χ3v) is 10.7. The van der Waals surface area contributed by atoms with Gasteiger partial charge in [0.15, 0.2) is 0 Å². The summed E-state index contributed by atoms with van der Waals surface area (Å²) >= 11 is 0. The van der Waals surface area contributed by atoms with E-state index in [-0.39, 0.29) is 0 Å². The Hall–Kier alpha value is -7.10. The summed E-state index contributed by atoms with van der Waals surface area (Å²) in [5.74, 6) is 0. The SMILES string of the molecule is c1cc(-c2ccc(-c3ccc(-c4cccc5c4oc4ccccc45)c4ccccc34)cc2)cc(-c2cnc3c4ccccc4c4ccccc4c3n2)c1. The van der Waals surface area contributed by atoms with E-state index in [0.29, 0.717) is 0 Å². The Kier molecular flexibility index (Phi) is 6.55. The average Bonchev–Trinajstić information content (AvgIpc) is 3.63. The van der Waals surface area contributed by atoms with Crippen LogP contribution in [0.5, 0.6) is 0 Å². The van der Waals surface area contributed by atoms with Crippen LogP contribution in [0, 0.1) is 0 Å². The summed E-state index contributed by atoms with van der Waals surface area (Å²) in [5.41, 5.74) is 12.5. The number of aromatic nitrogens is 2. The maximum atomic E-state index is 6.44. The van der Waals surface area contributed by atoms with Crippen molar-refractivity contribution in [3.05, 3.63) is 182 Å². The maximum Gasteiger partial charge on any atom is 0.143 e. The highest BCUT2D eigenvalue weighted by Crippen LogP contribution is 2.41. The third kappa shape index (κ3) is 4.68. The van der Waals surface area contributed by atoms with Crippen molar-refractivity contribution in [3.8, 4) is 44.6 Å². The lowest BCUT2D eigenvalue weighted by Crippen LogP contribution is -1.92. The van der Waals surface area contributed by atoms with E-state index in [0.717, 1.165) is 71.7 Å². The van der Waals surface area contributed by atoms with Crippen LogP contribution in [0.25, 0.3) is 110 Å². The first-order valence-electron chi connectivity index (χ1n) is 18.0. The molecular formula is C50H30N2O. The number of hydrogen-bond acceptors (Lipinski definition) is 3. The van der Waals surface area contributed by atoms with Crippen LogP contribution in [0.4, 0.5) is 0 Å². The van der Waals surface area contributed by atoms with Gasteiger partial charge in [-0.15, -0.1) is 0 Å². The van der Waals surface area contributed by atoms with E-state index in [2.05, 4.69) is 164 Å². The predicted molar refractivity (Wildman–Crippen MR) is 221 cm³/mol. The minimum atomic E-state index is 0.862. The fourth-order valence-electron chi connectivity index (χ4n) is 8.21. The molecule has 2 heterocycles. The molecule has 53 heavy (non-hydrogen) atoms. The van der Waals surface area contributed by atoms with E-state index < -0.39 is 0 Å². The molecule has 0 aliphatic heterocycles. The summed E-state index contributed by atoms with van der Waals surface area (Å²) in [7, 11) is 0. The lowest BCUT2D eigenvalue weighted by molar-refractivity contribution is 0.670. The molecule has 0 atom stereocenters. The standard InChI is InChI=1S/C50H30N2O/c1-2-14-37-36(13-1)35(27-28-40(37)44-20-10-21-45-41-17-7-8-22-47(41)53-50(44)45)32-25-23-31(24-26-32)33-11-9-12-34(29-33)46-30-51-48-42-18-5-3-15-38(42)39-16-4-6-19-43(39)49(48)52-46/h1-30H. The predicted octanol–water partition coefficient (Wildman–Crippen LogP) is 13.7. The molecule has 0 aliphatic carbocycles. The van der Waals surface area contributed by atoms with Crippen molar-refractivity contribution >= 4 is 65.3 Å². The Labute approximate surface area is 305 Å². The number of benzene rings is 9. The summed E-state index contributed by atoms with van der Waals surface area (Å²) in [6.45, 7) is 0. The zero-order chi connectivity index (χ0) is 34.9. The Bertz CT molecular complexity index is 3190. The zero-order valence-corrected chi connectivity index (χ0v) is 28.6. The van der Waals surface area contributed by atoms with Gasteiger partial charge in [-0.1, -0.05) is 164 Å². The molecule has 0 radical (unpaired) electrons. The molecule has 0 saturated carbocycles. The van der Waals surface area contributed by atoms with Crippen molar-refractivity contribution in [1.29, 1.82) is 0 Å². The average molecular weight is 675 g/mol. The highest BCUT2D eigenvalue weighted by molar-refractivity contribution is 6.23. The van der Waals surface area contributed by atoms with Gasteiger partial charge in [0.2, 0.25) is 0 Å². The molecule has 9 aromatic carbocycles. The van der Waals surface area contributed by atoms with Crippen molar-refractivity contribution < 1.29 is 4.42 Å². The van der Waals surface area contributed by atoms with E-state index in [1.807, 2.05) is 18.3 Å². The minimum Gasteiger partial charge on any atom is -0.455 e. The quantitative estimate of drug-likeness (QED) is 0.174. The number of furan rings is 1. The molecule has 3 nitrogen and oxygen atoms in total. The number of fused-ring (bicyclic) bond motifs is 10. The fourth-order valence-corrected chi connectivity index (χ4v) is 8.21. The molecule has 246 valence electrons. The van der Waals surface area contributed by atoms with Gasteiger partial charge in [0, 0.05) is 32.7 Å². The normalized spacial score (nSPS) is 11.8. The second-order valence-corrected chi connectivity index (χ2v) is 13.7. The maximum absolute atomic E-state index is 6.44. The van der Waals surface area contributed by atoms with E-state index in [1.54, 1.807) is 0 Å². The van der Waals surface area contributed by atoms with Gasteiger partial charge in [0.1, 0.15) is 11.2 Å². The van der Waals surface area contributed by atoms with Crippen molar-refractivity contribution in [1.82, 2.24) is 9.97 Å². The largest absolute Gasteiger partial charge is 0.455 e. The molecule has 3 heteroatoms. The minimum absolute atomic E-state index is 0.862. The summed E-state index contributed by atoms with van der Waals surface area (Å²) in [6.07, 6.45) is 1.91. The van der Waals surface area contributed by atoms with Crippen LogP contribution in [0.3, 0.4) is 0 Å². The number of para-hydroxylation sites is 2. The Morgan fingerprint density at radius 3 is 1.68 bits per heavy atom. The first-order valence-corrected chi connectivity index (χ1v) is 18.0. The van der Waals surface area contributed by atoms with Gasteiger partial charge in [0.05, 0.1) is 22.9 Å². The van der Waals surface area contributed by atoms with Crippen LogP contribution < -0.4 is 0 Å². The van der Waals surface area contributed by atoms with Gasteiger partial charge in [-0.05, 0) is 61.5 Å². The van der Waals surface area contributed by atoms with Crippen LogP contribution in [0.15, 0.2) is 187 Å².